The second-order valence-corrected chi connectivity index (χ2v) is 4.93. The Morgan fingerprint density at radius 1 is 1.44 bits per heavy atom. The maximum absolute atomic E-state index is 11.3. The van der Waals surface area contributed by atoms with Crippen molar-refractivity contribution in [1.29, 1.82) is 0 Å². The molecule has 1 amide bonds. The largest absolute Gasteiger partial charge is 0.389 e. The van der Waals surface area contributed by atoms with Gasteiger partial charge in [0.15, 0.2) is 0 Å². The summed E-state index contributed by atoms with van der Waals surface area (Å²) in [6, 6.07) is 5.55. The van der Waals surface area contributed by atoms with Gasteiger partial charge in [-0.1, -0.05) is 29.9 Å². The summed E-state index contributed by atoms with van der Waals surface area (Å²) in [5.74, 6) is 0.0661. The van der Waals surface area contributed by atoms with E-state index in [1.165, 1.54) is 0 Å². The molecule has 1 heterocycles. The van der Waals surface area contributed by atoms with Crippen molar-refractivity contribution in [1.82, 2.24) is 5.32 Å². The normalized spacial score (nSPS) is 16.1. The standard InChI is InChI=1S/C12H14ClN3OS/c13-8-2-1-3-9(11(8)12(14)18)16-6-4-10(17)15-5-7-16/h1-3H,4-7H2,(H2,14,18)(H,15,17). The van der Waals surface area contributed by atoms with Crippen LogP contribution in [-0.4, -0.2) is 30.5 Å². The third kappa shape index (κ3) is 2.73. The van der Waals surface area contributed by atoms with Crippen LogP contribution in [0.4, 0.5) is 5.69 Å². The molecule has 0 aliphatic carbocycles. The highest BCUT2D eigenvalue weighted by Crippen LogP contribution is 2.27. The first-order valence-corrected chi connectivity index (χ1v) is 6.48. The molecule has 0 atom stereocenters. The Balaban J connectivity index is 2.35. The molecule has 1 fully saturated rings. The maximum atomic E-state index is 11.3. The van der Waals surface area contributed by atoms with E-state index in [1.54, 1.807) is 6.07 Å². The van der Waals surface area contributed by atoms with Crippen LogP contribution < -0.4 is 16.0 Å². The van der Waals surface area contributed by atoms with Crippen LogP contribution in [0.1, 0.15) is 12.0 Å². The van der Waals surface area contributed by atoms with Gasteiger partial charge >= 0.3 is 0 Å². The van der Waals surface area contributed by atoms with Gasteiger partial charge in [0, 0.05) is 31.7 Å². The molecule has 0 spiro atoms. The second kappa shape index (κ2) is 5.54. The molecule has 0 radical (unpaired) electrons. The quantitative estimate of drug-likeness (QED) is 0.804. The number of amides is 1. The van der Waals surface area contributed by atoms with E-state index in [4.69, 9.17) is 29.6 Å². The fourth-order valence-corrected chi connectivity index (χ4v) is 2.57. The highest BCUT2D eigenvalue weighted by Gasteiger charge is 2.18. The second-order valence-electron chi connectivity index (χ2n) is 4.09. The van der Waals surface area contributed by atoms with E-state index in [1.807, 2.05) is 12.1 Å². The number of nitrogens with one attached hydrogen (secondary N) is 1. The number of nitrogens with two attached hydrogens (primary N) is 1. The van der Waals surface area contributed by atoms with Crippen molar-refractivity contribution in [3.8, 4) is 0 Å². The predicted octanol–water partition coefficient (Wildman–Crippen LogP) is 1.30. The molecule has 0 bridgehead atoms. The summed E-state index contributed by atoms with van der Waals surface area (Å²) < 4.78 is 0. The molecule has 3 N–H and O–H groups in total. The van der Waals surface area contributed by atoms with Gasteiger partial charge in [0.2, 0.25) is 5.91 Å². The van der Waals surface area contributed by atoms with Crippen molar-refractivity contribution in [3.63, 3.8) is 0 Å². The van der Waals surface area contributed by atoms with Gasteiger partial charge in [-0.25, -0.2) is 0 Å². The number of benzene rings is 1. The van der Waals surface area contributed by atoms with Gasteiger partial charge in [0.05, 0.1) is 10.6 Å². The summed E-state index contributed by atoms with van der Waals surface area (Å²) in [4.78, 5) is 13.7. The van der Waals surface area contributed by atoms with Crippen molar-refractivity contribution in [3.05, 3.63) is 28.8 Å². The number of rotatable bonds is 2. The van der Waals surface area contributed by atoms with E-state index in [9.17, 15) is 4.79 Å². The molecule has 0 unspecified atom stereocenters. The number of anilines is 1. The molecule has 96 valence electrons. The lowest BCUT2D eigenvalue weighted by atomic mass is 10.1. The minimum absolute atomic E-state index is 0.0661. The minimum atomic E-state index is 0.0661. The van der Waals surface area contributed by atoms with Crippen LogP contribution in [0.5, 0.6) is 0 Å². The highest BCUT2D eigenvalue weighted by atomic mass is 35.5. The summed E-state index contributed by atoms with van der Waals surface area (Å²) in [5.41, 5.74) is 7.30. The van der Waals surface area contributed by atoms with E-state index in [0.29, 0.717) is 30.1 Å². The summed E-state index contributed by atoms with van der Waals surface area (Å²) in [6.45, 7) is 1.98. The van der Waals surface area contributed by atoms with Gasteiger partial charge in [-0.05, 0) is 12.1 Å². The van der Waals surface area contributed by atoms with Gasteiger partial charge in [-0.15, -0.1) is 0 Å². The van der Waals surface area contributed by atoms with Crippen molar-refractivity contribution >= 4 is 40.4 Å². The molecular weight excluding hydrogens is 270 g/mol. The van der Waals surface area contributed by atoms with Crippen molar-refractivity contribution in [2.24, 2.45) is 5.73 Å². The smallest absolute Gasteiger partial charge is 0.221 e. The summed E-state index contributed by atoms with van der Waals surface area (Å²) in [5, 5.41) is 3.37. The Bertz CT molecular complexity index is 492. The predicted molar refractivity (Wildman–Crippen MR) is 77.2 cm³/mol. The number of thiocarbonyl (C=S) groups is 1. The van der Waals surface area contributed by atoms with Crippen LogP contribution in [0.25, 0.3) is 0 Å². The average molecular weight is 284 g/mol. The molecule has 1 aromatic carbocycles. The first-order chi connectivity index (χ1) is 8.59. The SMILES string of the molecule is NC(=S)c1c(Cl)cccc1N1CCNC(=O)CC1. The van der Waals surface area contributed by atoms with Crippen molar-refractivity contribution in [2.75, 3.05) is 24.5 Å². The van der Waals surface area contributed by atoms with Gasteiger partial charge < -0.3 is 16.0 Å². The van der Waals surface area contributed by atoms with Crippen molar-refractivity contribution < 1.29 is 4.79 Å². The van der Waals surface area contributed by atoms with Gasteiger partial charge in [0.25, 0.3) is 0 Å². The molecule has 1 aromatic rings. The molecular formula is C12H14ClN3OS. The fourth-order valence-electron chi connectivity index (χ4n) is 2.03. The van der Waals surface area contributed by atoms with Gasteiger partial charge in [-0.2, -0.15) is 0 Å². The summed E-state index contributed by atoms with van der Waals surface area (Å²) >= 11 is 11.2. The Labute approximate surface area is 116 Å². The molecule has 2 rings (SSSR count). The monoisotopic (exact) mass is 283 g/mol. The number of nitrogens with zero attached hydrogens (tertiary/aromatic N) is 1. The van der Waals surface area contributed by atoms with Crippen LogP contribution in [0.3, 0.4) is 0 Å². The molecule has 1 aliphatic rings. The Morgan fingerprint density at radius 3 is 2.94 bits per heavy atom. The zero-order chi connectivity index (χ0) is 13.1. The van der Waals surface area contributed by atoms with Crippen molar-refractivity contribution in [2.45, 2.75) is 6.42 Å². The van der Waals surface area contributed by atoms with Crippen LogP contribution in [0, 0.1) is 0 Å². The topological polar surface area (TPSA) is 58.4 Å². The lowest BCUT2D eigenvalue weighted by Gasteiger charge is -2.25. The minimum Gasteiger partial charge on any atom is -0.389 e. The Morgan fingerprint density at radius 2 is 2.22 bits per heavy atom. The molecule has 6 heteroatoms. The van der Waals surface area contributed by atoms with Crippen LogP contribution in [0.15, 0.2) is 18.2 Å². The first kappa shape index (κ1) is 13.1. The van der Waals surface area contributed by atoms with Crippen LogP contribution in [-0.2, 0) is 4.79 Å². The van der Waals surface area contributed by atoms with Crippen LogP contribution in [0.2, 0.25) is 5.02 Å². The Kier molecular flexibility index (Phi) is 4.04. The van der Waals surface area contributed by atoms with Gasteiger partial charge in [0.1, 0.15) is 4.99 Å². The number of hydrogen-bond donors (Lipinski definition) is 2. The number of halogens is 1. The van der Waals surface area contributed by atoms with E-state index in [2.05, 4.69) is 10.2 Å². The molecule has 1 saturated heterocycles. The van der Waals surface area contributed by atoms with E-state index < -0.39 is 0 Å². The highest BCUT2D eigenvalue weighted by molar-refractivity contribution is 7.80. The first-order valence-electron chi connectivity index (χ1n) is 5.69. The average Bonchev–Trinajstić information content (AvgIpc) is 2.53. The van der Waals surface area contributed by atoms with E-state index in [-0.39, 0.29) is 10.9 Å². The molecule has 0 saturated carbocycles. The maximum Gasteiger partial charge on any atom is 0.221 e. The number of carbonyl (C=O) groups excluding carboxylic acids is 1. The summed E-state index contributed by atoms with van der Waals surface area (Å²) in [7, 11) is 0. The molecule has 18 heavy (non-hydrogen) atoms. The molecule has 4 nitrogen and oxygen atoms in total. The third-order valence-corrected chi connectivity index (χ3v) is 3.41. The molecule has 0 aromatic heterocycles. The third-order valence-electron chi connectivity index (χ3n) is 2.89. The zero-order valence-corrected chi connectivity index (χ0v) is 11.4. The Hall–Kier alpha value is -1.33. The van der Waals surface area contributed by atoms with Crippen LogP contribution >= 0.6 is 23.8 Å². The number of hydrogen-bond acceptors (Lipinski definition) is 3. The van der Waals surface area contributed by atoms with Gasteiger partial charge in [-0.3, -0.25) is 4.79 Å². The fraction of sp³-hybridized carbons (Fsp3) is 0.333. The molecule has 1 aliphatic heterocycles. The lowest BCUT2D eigenvalue weighted by molar-refractivity contribution is -0.120. The summed E-state index contributed by atoms with van der Waals surface area (Å²) in [6.07, 6.45) is 0.462. The number of carbonyl (C=O) groups is 1. The van der Waals surface area contributed by atoms with E-state index in [0.717, 1.165) is 12.2 Å². The lowest BCUT2D eigenvalue weighted by Crippen LogP contribution is -2.30. The van der Waals surface area contributed by atoms with E-state index >= 15 is 0 Å². The zero-order valence-electron chi connectivity index (χ0n) is 9.78.